The number of rotatable bonds is 5. The first-order valence-electron chi connectivity index (χ1n) is 7.63. The van der Waals surface area contributed by atoms with Gasteiger partial charge in [0.15, 0.2) is 0 Å². The van der Waals surface area contributed by atoms with Crippen molar-refractivity contribution in [2.75, 3.05) is 6.61 Å². The average Bonchev–Trinajstić information content (AvgIpc) is 2.55. The largest absolute Gasteiger partial charge is 0.376 e. The highest BCUT2D eigenvalue weighted by atomic mass is 16.5. The maximum atomic E-state index is 6.41. The van der Waals surface area contributed by atoms with Crippen molar-refractivity contribution in [2.45, 2.75) is 58.1 Å². The molecule has 0 aliphatic heterocycles. The lowest BCUT2D eigenvalue weighted by atomic mass is 9.98. The molecule has 0 saturated carbocycles. The molecule has 19 heavy (non-hydrogen) atoms. The number of fused-ring (bicyclic) bond motifs is 1. The van der Waals surface area contributed by atoms with Crippen LogP contribution in [0.1, 0.15) is 56.7 Å². The van der Waals surface area contributed by atoms with E-state index in [4.69, 9.17) is 10.5 Å². The van der Waals surface area contributed by atoms with Gasteiger partial charge in [0.05, 0.1) is 12.1 Å². The Bertz CT molecular complexity index is 389. The van der Waals surface area contributed by atoms with E-state index in [0.29, 0.717) is 0 Å². The standard InChI is InChI=1S/C17H27NO/c1-13(2)7-6-12-19-16-11-5-9-14-8-3-4-10-15(14)17(16)18/h3-4,8,10,13,16-17H,5-7,9,11-12,18H2,1-2H3. The highest BCUT2D eigenvalue weighted by molar-refractivity contribution is 5.31. The average molecular weight is 261 g/mol. The molecule has 2 rings (SSSR count). The second-order valence-corrected chi connectivity index (χ2v) is 6.06. The predicted molar refractivity (Wildman–Crippen MR) is 80.1 cm³/mol. The molecule has 2 heteroatoms. The Morgan fingerprint density at radius 3 is 2.89 bits per heavy atom. The fourth-order valence-corrected chi connectivity index (χ4v) is 2.87. The van der Waals surface area contributed by atoms with E-state index < -0.39 is 0 Å². The van der Waals surface area contributed by atoms with Gasteiger partial charge in [0.2, 0.25) is 0 Å². The zero-order chi connectivity index (χ0) is 13.7. The molecule has 1 aromatic carbocycles. The van der Waals surface area contributed by atoms with Gasteiger partial charge >= 0.3 is 0 Å². The highest BCUT2D eigenvalue weighted by Gasteiger charge is 2.24. The fraction of sp³-hybridized carbons (Fsp3) is 0.647. The molecule has 0 amide bonds. The van der Waals surface area contributed by atoms with E-state index in [1.54, 1.807) is 0 Å². The summed E-state index contributed by atoms with van der Waals surface area (Å²) in [6.07, 6.45) is 5.96. The molecule has 1 aliphatic rings. The second-order valence-electron chi connectivity index (χ2n) is 6.06. The summed E-state index contributed by atoms with van der Waals surface area (Å²) in [5.41, 5.74) is 9.10. The molecule has 2 atom stereocenters. The molecule has 0 aromatic heterocycles. The van der Waals surface area contributed by atoms with Crippen molar-refractivity contribution in [3.63, 3.8) is 0 Å². The van der Waals surface area contributed by atoms with Gasteiger partial charge in [-0.15, -0.1) is 0 Å². The molecule has 1 aromatic rings. The van der Waals surface area contributed by atoms with Crippen molar-refractivity contribution in [3.05, 3.63) is 35.4 Å². The molecule has 2 nitrogen and oxygen atoms in total. The van der Waals surface area contributed by atoms with Crippen LogP contribution in [-0.4, -0.2) is 12.7 Å². The van der Waals surface area contributed by atoms with Crippen LogP contribution in [0.5, 0.6) is 0 Å². The summed E-state index contributed by atoms with van der Waals surface area (Å²) >= 11 is 0. The second kappa shape index (κ2) is 7.06. The van der Waals surface area contributed by atoms with Crippen LogP contribution in [-0.2, 0) is 11.2 Å². The molecule has 0 bridgehead atoms. The van der Waals surface area contributed by atoms with Crippen LogP contribution in [0.3, 0.4) is 0 Å². The van der Waals surface area contributed by atoms with Crippen LogP contribution in [0.15, 0.2) is 24.3 Å². The summed E-state index contributed by atoms with van der Waals surface area (Å²) in [7, 11) is 0. The van der Waals surface area contributed by atoms with Gasteiger partial charge in [0.1, 0.15) is 0 Å². The third-order valence-electron chi connectivity index (χ3n) is 4.01. The molecule has 0 spiro atoms. The maximum Gasteiger partial charge on any atom is 0.0767 e. The predicted octanol–water partition coefficient (Wildman–Crippen LogP) is 3.84. The lowest BCUT2D eigenvalue weighted by Gasteiger charge is -2.23. The van der Waals surface area contributed by atoms with Gasteiger partial charge in [-0.3, -0.25) is 0 Å². The van der Waals surface area contributed by atoms with Gasteiger partial charge < -0.3 is 10.5 Å². The number of hydrogen-bond acceptors (Lipinski definition) is 2. The van der Waals surface area contributed by atoms with Gasteiger partial charge in [0.25, 0.3) is 0 Å². The Hall–Kier alpha value is -0.860. The first-order chi connectivity index (χ1) is 9.18. The van der Waals surface area contributed by atoms with Gasteiger partial charge in [-0.05, 0) is 49.1 Å². The van der Waals surface area contributed by atoms with Crippen LogP contribution >= 0.6 is 0 Å². The number of benzene rings is 1. The summed E-state index contributed by atoms with van der Waals surface area (Å²) in [5.74, 6) is 0.757. The topological polar surface area (TPSA) is 35.2 Å². The summed E-state index contributed by atoms with van der Waals surface area (Å²) in [4.78, 5) is 0. The summed E-state index contributed by atoms with van der Waals surface area (Å²) in [6.45, 7) is 5.36. The lowest BCUT2D eigenvalue weighted by Crippen LogP contribution is -2.28. The summed E-state index contributed by atoms with van der Waals surface area (Å²) < 4.78 is 6.06. The van der Waals surface area contributed by atoms with Crippen LogP contribution in [0.2, 0.25) is 0 Å². The van der Waals surface area contributed by atoms with Crippen LogP contribution in [0.4, 0.5) is 0 Å². The zero-order valence-corrected chi connectivity index (χ0v) is 12.3. The van der Waals surface area contributed by atoms with E-state index in [-0.39, 0.29) is 12.1 Å². The Labute approximate surface area is 117 Å². The van der Waals surface area contributed by atoms with Crippen molar-refractivity contribution >= 4 is 0 Å². The minimum absolute atomic E-state index is 0.0396. The molecule has 1 aliphatic carbocycles. The third kappa shape index (κ3) is 4.05. The summed E-state index contributed by atoms with van der Waals surface area (Å²) in [5, 5.41) is 0. The van der Waals surface area contributed by atoms with E-state index in [1.807, 2.05) is 0 Å². The first-order valence-corrected chi connectivity index (χ1v) is 7.63. The maximum absolute atomic E-state index is 6.41. The molecule has 0 fully saturated rings. The molecule has 106 valence electrons. The quantitative estimate of drug-likeness (QED) is 0.645. The summed E-state index contributed by atoms with van der Waals surface area (Å²) in [6, 6.07) is 8.60. The van der Waals surface area contributed by atoms with E-state index >= 15 is 0 Å². The van der Waals surface area contributed by atoms with Crippen LogP contribution in [0.25, 0.3) is 0 Å². The molecule has 2 unspecified atom stereocenters. The van der Waals surface area contributed by atoms with Crippen molar-refractivity contribution < 1.29 is 4.74 Å². The van der Waals surface area contributed by atoms with Gasteiger partial charge in [0, 0.05) is 6.61 Å². The first kappa shape index (κ1) is 14.5. The van der Waals surface area contributed by atoms with Crippen molar-refractivity contribution in [3.8, 4) is 0 Å². The SMILES string of the molecule is CC(C)CCCOC1CCCc2ccccc2C1N. The number of nitrogens with two attached hydrogens (primary N) is 1. The molecule has 0 saturated heterocycles. The third-order valence-corrected chi connectivity index (χ3v) is 4.01. The van der Waals surface area contributed by atoms with E-state index in [9.17, 15) is 0 Å². The van der Waals surface area contributed by atoms with Crippen LogP contribution < -0.4 is 5.73 Å². The van der Waals surface area contributed by atoms with E-state index in [1.165, 1.54) is 24.0 Å². The number of ether oxygens (including phenoxy) is 1. The molecule has 0 radical (unpaired) electrons. The zero-order valence-electron chi connectivity index (χ0n) is 12.3. The van der Waals surface area contributed by atoms with Crippen molar-refractivity contribution in [1.29, 1.82) is 0 Å². The minimum atomic E-state index is 0.0396. The molecule has 2 N–H and O–H groups in total. The highest BCUT2D eigenvalue weighted by Crippen LogP contribution is 2.29. The van der Waals surface area contributed by atoms with Crippen LogP contribution in [0, 0.1) is 5.92 Å². The minimum Gasteiger partial charge on any atom is -0.376 e. The molecular formula is C17H27NO. The fourth-order valence-electron chi connectivity index (χ4n) is 2.87. The van der Waals surface area contributed by atoms with Gasteiger partial charge in [-0.2, -0.15) is 0 Å². The lowest BCUT2D eigenvalue weighted by molar-refractivity contribution is 0.0269. The van der Waals surface area contributed by atoms with E-state index in [2.05, 4.69) is 38.1 Å². The van der Waals surface area contributed by atoms with Crippen molar-refractivity contribution in [2.24, 2.45) is 11.7 Å². The monoisotopic (exact) mass is 261 g/mol. The van der Waals surface area contributed by atoms with E-state index in [0.717, 1.165) is 31.8 Å². The molecular weight excluding hydrogens is 234 g/mol. The van der Waals surface area contributed by atoms with Crippen molar-refractivity contribution in [1.82, 2.24) is 0 Å². The number of aryl methyl sites for hydroxylation is 1. The van der Waals surface area contributed by atoms with Gasteiger partial charge in [-0.1, -0.05) is 38.1 Å². The molecule has 0 heterocycles. The van der Waals surface area contributed by atoms with Gasteiger partial charge in [-0.25, -0.2) is 0 Å². The Kier molecular flexibility index (Phi) is 5.41. The smallest absolute Gasteiger partial charge is 0.0767 e. The normalized spacial score (nSPS) is 23.2. The Balaban J connectivity index is 1.92. The number of hydrogen-bond donors (Lipinski definition) is 1. The Morgan fingerprint density at radius 2 is 2.11 bits per heavy atom. The Morgan fingerprint density at radius 1 is 1.32 bits per heavy atom.